The molecule has 1 saturated heterocycles. The fourth-order valence-corrected chi connectivity index (χ4v) is 4.26. The first-order chi connectivity index (χ1) is 14.0. The summed E-state index contributed by atoms with van der Waals surface area (Å²) < 4.78 is 1.99. The second kappa shape index (κ2) is 9.91. The van der Waals surface area contributed by atoms with E-state index in [2.05, 4.69) is 15.5 Å². The van der Waals surface area contributed by atoms with Crippen LogP contribution >= 0.6 is 11.8 Å². The third-order valence-electron chi connectivity index (χ3n) is 5.32. The number of hydrogen-bond donors (Lipinski definition) is 1. The van der Waals surface area contributed by atoms with Crippen molar-refractivity contribution in [1.29, 1.82) is 0 Å². The van der Waals surface area contributed by atoms with Gasteiger partial charge in [-0.2, -0.15) is 0 Å². The summed E-state index contributed by atoms with van der Waals surface area (Å²) in [5.41, 5.74) is 3.06. The minimum atomic E-state index is -0.0707. The molecular weight excluding hydrogens is 386 g/mol. The van der Waals surface area contributed by atoms with Gasteiger partial charge in [-0.3, -0.25) is 9.59 Å². The lowest BCUT2D eigenvalue weighted by Crippen LogP contribution is -2.31. The molecule has 1 aliphatic heterocycles. The van der Waals surface area contributed by atoms with Crippen molar-refractivity contribution in [1.82, 2.24) is 19.7 Å². The molecular formula is C21H29N5O2S. The van der Waals surface area contributed by atoms with Gasteiger partial charge in [0.15, 0.2) is 11.0 Å². The number of amides is 2. The molecule has 0 aliphatic carbocycles. The number of aryl methyl sites for hydroxylation is 1. The number of carbonyl (C=O) groups is 2. The number of aromatic nitrogens is 3. The Labute approximate surface area is 176 Å². The van der Waals surface area contributed by atoms with Crippen molar-refractivity contribution in [2.75, 3.05) is 17.6 Å². The first kappa shape index (κ1) is 21.4. The van der Waals surface area contributed by atoms with E-state index in [0.717, 1.165) is 48.4 Å². The molecule has 0 unspecified atom stereocenters. The van der Waals surface area contributed by atoms with Crippen LogP contribution in [0.1, 0.15) is 49.6 Å². The van der Waals surface area contributed by atoms with Crippen LogP contribution in [0.2, 0.25) is 0 Å². The first-order valence-electron chi connectivity index (χ1n) is 10.2. The van der Waals surface area contributed by atoms with Gasteiger partial charge < -0.3 is 14.8 Å². The van der Waals surface area contributed by atoms with E-state index in [1.165, 1.54) is 11.8 Å². The minimum absolute atomic E-state index is 0.0707. The Kier molecular flexibility index (Phi) is 7.30. The largest absolute Gasteiger partial charge is 0.335 e. The number of anilines is 1. The van der Waals surface area contributed by atoms with Gasteiger partial charge in [-0.15, -0.1) is 10.2 Å². The average Bonchev–Trinajstić information content (AvgIpc) is 2.98. The van der Waals surface area contributed by atoms with Crippen LogP contribution in [0.3, 0.4) is 0 Å². The standard InChI is InChI=1S/C21H29N5O2S/c1-4-26-18(13-25-12-7-5-6-11-20(25)28)23-24-21(26)29-14-19(27)22-17-10-8-9-15(2)16(17)3/h8-10H,4-7,11-14H2,1-3H3,(H,22,27). The van der Waals surface area contributed by atoms with Crippen molar-refractivity contribution in [3.8, 4) is 0 Å². The molecule has 8 heteroatoms. The molecule has 3 rings (SSSR count). The molecule has 1 aromatic carbocycles. The number of thioether (sulfide) groups is 1. The minimum Gasteiger partial charge on any atom is -0.335 e. The van der Waals surface area contributed by atoms with Crippen molar-refractivity contribution in [2.24, 2.45) is 0 Å². The van der Waals surface area contributed by atoms with Gasteiger partial charge in [0, 0.05) is 25.2 Å². The molecule has 2 heterocycles. The Morgan fingerprint density at radius 2 is 2.03 bits per heavy atom. The maximum absolute atomic E-state index is 12.4. The highest BCUT2D eigenvalue weighted by atomic mass is 32.2. The maximum Gasteiger partial charge on any atom is 0.234 e. The maximum atomic E-state index is 12.4. The Bertz CT molecular complexity index is 880. The van der Waals surface area contributed by atoms with Gasteiger partial charge >= 0.3 is 0 Å². The molecule has 7 nitrogen and oxygen atoms in total. The summed E-state index contributed by atoms with van der Waals surface area (Å²) in [6.45, 7) is 8.01. The summed E-state index contributed by atoms with van der Waals surface area (Å²) in [6.07, 6.45) is 3.71. The normalized spacial score (nSPS) is 14.7. The Hall–Kier alpha value is -2.35. The predicted molar refractivity (Wildman–Crippen MR) is 115 cm³/mol. The lowest BCUT2D eigenvalue weighted by atomic mass is 10.1. The van der Waals surface area contributed by atoms with Gasteiger partial charge in [-0.1, -0.05) is 30.3 Å². The zero-order valence-corrected chi connectivity index (χ0v) is 18.2. The van der Waals surface area contributed by atoms with E-state index in [4.69, 9.17) is 0 Å². The van der Waals surface area contributed by atoms with Gasteiger partial charge in [-0.25, -0.2) is 0 Å². The van der Waals surface area contributed by atoms with E-state index >= 15 is 0 Å². The summed E-state index contributed by atoms with van der Waals surface area (Å²) in [5, 5.41) is 12.3. The van der Waals surface area contributed by atoms with E-state index in [9.17, 15) is 9.59 Å². The van der Waals surface area contributed by atoms with Gasteiger partial charge in [0.1, 0.15) is 0 Å². The van der Waals surface area contributed by atoms with Crippen LogP contribution in [-0.2, 0) is 22.7 Å². The van der Waals surface area contributed by atoms with E-state index in [-0.39, 0.29) is 17.6 Å². The van der Waals surface area contributed by atoms with Crippen LogP contribution in [-0.4, -0.2) is 43.8 Å². The van der Waals surface area contributed by atoms with Crippen molar-refractivity contribution < 1.29 is 9.59 Å². The summed E-state index contributed by atoms with van der Waals surface area (Å²) in [4.78, 5) is 26.6. The lowest BCUT2D eigenvalue weighted by molar-refractivity contribution is -0.131. The highest BCUT2D eigenvalue weighted by Gasteiger charge is 2.21. The number of benzene rings is 1. The quantitative estimate of drug-likeness (QED) is 0.700. The molecule has 0 saturated carbocycles. The van der Waals surface area contributed by atoms with Crippen LogP contribution in [0.5, 0.6) is 0 Å². The molecule has 0 atom stereocenters. The van der Waals surface area contributed by atoms with Gasteiger partial charge in [0.05, 0.1) is 12.3 Å². The highest BCUT2D eigenvalue weighted by molar-refractivity contribution is 7.99. The fourth-order valence-electron chi connectivity index (χ4n) is 3.44. The Morgan fingerprint density at radius 1 is 1.21 bits per heavy atom. The monoisotopic (exact) mass is 415 g/mol. The molecule has 0 spiro atoms. The second-order valence-electron chi connectivity index (χ2n) is 7.35. The number of hydrogen-bond acceptors (Lipinski definition) is 5. The number of nitrogens with one attached hydrogen (secondary N) is 1. The SMILES string of the molecule is CCn1c(CN2CCCCCC2=O)nnc1SCC(=O)Nc1cccc(C)c1C. The number of nitrogens with zero attached hydrogens (tertiary/aromatic N) is 4. The molecule has 1 N–H and O–H groups in total. The molecule has 1 aromatic heterocycles. The molecule has 156 valence electrons. The third kappa shape index (κ3) is 5.38. The van der Waals surface area contributed by atoms with E-state index in [0.29, 0.717) is 24.7 Å². The number of likely N-dealkylation sites (tertiary alicyclic amines) is 1. The zero-order chi connectivity index (χ0) is 20.8. The van der Waals surface area contributed by atoms with E-state index in [1.54, 1.807) is 0 Å². The molecule has 1 fully saturated rings. The van der Waals surface area contributed by atoms with Crippen LogP contribution in [0.25, 0.3) is 0 Å². The Balaban J connectivity index is 1.62. The van der Waals surface area contributed by atoms with Crippen LogP contribution in [0.4, 0.5) is 5.69 Å². The average molecular weight is 416 g/mol. The van der Waals surface area contributed by atoms with Crippen LogP contribution in [0, 0.1) is 13.8 Å². The lowest BCUT2D eigenvalue weighted by Gasteiger charge is -2.20. The van der Waals surface area contributed by atoms with Gasteiger partial charge in [0.2, 0.25) is 11.8 Å². The number of rotatable bonds is 7. The molecule has 1 aliphatic rings. The van der Waals surface area contributed by atoms with Gasteiger partial charge in [0.25, 0.3) is 0 Å². The van der Waals surface area contributed by atoms with Gasteiger partial charge in [-0.05, 0) is 50.8 Å². The molecule has 0 bridgehead atoms. The predicted octanol–water partition coefficient (Wildman–Crippen LogP) is 3.55. The summed E-state index contributed by atoms with van der Waals surface area (Å²) >= 11 is 1.37. The Morgan fingerprint density at radius 3 is 2.83 bits per heavy atom. The molecule has 2 aromatic rings. The van der Waals surface area contributed by atoms with Crippen molar-refractivity contribution in [2.45, 2.75) is 64.7 Å². The molecule has 29 heavy (non-hydrogen) atoms. The zero-order valence-electron chi connectivity index (χ0n) is 17.4. The topological polar surface area (TPSA) is 80.1 Å². The summed E-state index contributed by atoms with van der Waals surface area (Å²) in [7, 11) is 0. The molecule has 0 radical (unpaired) electrons. The van der Waals surface area contributed by atoms with Crippen molar-refractivity contribution in [3.05, 3.63) is 35.2 Å². The fraction of sp³-hybridized carbons (Fsp3) is 0.524. The molecule has 2 amide bonds. The second-order valence-corrected chi connectivity index (χ2v) is 8.30. The van der Waals surface area contributed by atoms with Crippen molar-refractivity contribution >= 4 is 29.3 Å². The van der Waals surface area contributed by atoms with Crippen molar-refractivity contribution in [3.63, 3.8) is 0 Å². The van der Waals surface area contributed by atoms with E-state index < -0.39 is 0 Å². The van der Waals surface area contributed by atoms with Crippen LogP contribution in [0.15, 0.2) is 23.4 Å². The summed E-state index contributed by atoms with van der Waals surface area (Å²) in [6, 6.07) is 5.88. The third-order valence-corrected chi connectivity index (χ3v) is 6.29. The summed E-state index contributed by atoms with van der Waals surface area (Å²) in [5.74, 6) is 1.16. The smallest absolute Gasteiger partial charge is 0.234 e. The van der Waals surface area contributed by atoms with E-state index in [1.807, 2.05) is 48.4 Å². The number of carbonyl (C=O) groups excluding carboxylic acids is 2. The highest BCUT2D eigenvalue weighted by Crippen LogP contribution is 2.22. The first-order valence-corrected chi connectivity index (χ1v) is 11.2. The van der Waals surface area contributed by atoms with Crippen LogP contribution < -0.4 is 5.32 Å².